The molecule has 0 aromatic carbocycles. The first-order valence-corrected chi connectivity index (χ1v) is 9.11. The van der Waals surface area contributed by atoms with E-state index in [1.807, 2.05) is 18.4 Å². The molecule has 124 valence electrons. The minimum atomic E-state index is 0.906. The van der Waals surface area contributed by atoms with Crippen LogP contribution in [0.4, 0.5) is 0 Å². The Bertz CT molecular complexity index is 424. The quantitative estimate of drug-likeness (QED) is 0.582. The molecule has 0 bridgehead atoms. The summed E-state index contributed by atoms with van der Waals surface area (Å²) in [6.45, 7) is 11.1. The van der Waals surface area contributed by atoms with Crippen molar-refractivity contribution in [2.75, 3.05) is 59.4 Å². The second-order valence-electron chi connectivity index (χ2n) is 5.53. The van der Waals surface area contributed by atoms with Crippen molar-refractivity contribution in [3.63, 3.8) is 0 Å². The molecule has 1 fully saturated rings. The van der Waals surface area contributed by atoms with E-state index < -0.39 is 0 Å². The van der Waals surface area contributed by atoms with Crippen LogP contribution in [0.5, 0.6) is 0 Å². The van der Waals surface area contributed by atoms with E-state index in [0.717, 1.165) is 32.0 Å². The third-order valence-corrected chi connectivity index (χ3v) is 5.04. The van der Waals surface area contributed by atoms with E-state index in [4.69, 9.17) is 0 Å². The lowest BCUT2D eigenvalue weighted by Crippen LogP contribution is -2.49. The zero-order chi connectivity index (χ0) is 15.6. The Morgan fingerprint density at radius 1 is 1.18 bits per heavy atom. The van der Waals surface area contributed by atoms with Gasteiger partial charge < -0.3 is 15.5 Å². The predicted molar refractivity (Wildman–Crippen MR) is 95.9 cm³/mol. The third-order valence-electron chi connectivity index (χ3n) is 4.10. The molecule has 0 unspecified atom stereocenters. The van der Waals surface area contributed by atoms with Crippen LogP contribution in [-0.2, 0) is 6.42 Å². The van der Waals surface area contributed by atoms with Crippen LogP contribution in [0.15, 0.2) is 22.5 Å². The van der Waals surface area contributed by atoms with Gasteiger partial charge in [-0.2, -0.15) is 0 Å². The highest BCUT2D eigenvalue weighted by Gasteiger charge is 2.14. The predicted octanol–water partition coefficient (Wildman–Crippen LogP) is 1.09. The van der Waals surface area contributed by atoms with Crippen LogP contribution >= 0.6 is 11.3 Å². The maximum atomic E-state index is 4.29. The molecule has 0 amide bonds. The van der Waals surface area contributed by atoms with Gasteiger partial charge in [-0.05, 0) is 24.4 Å². The first kappa shape index (κ1) is 17.2. The molecule has 1 aliphatic rings. The van der Waals surface area contributed by atoms with Crippen molar-refractivity contribution in [2.24, 2.45) is 4.99 Å². The van der Waals surface area contributed by atoms with Crippen LogP contribution in [-0.4, -0.2) is 75.2 Å². The molecule has 22 heavy (non-hydrogen) atoms. The number of hydrogen-bond acceptors (Lipinski definition) is 4. The lowest BCUT2D eigenvalue weighted by atomic mass is 10.3. The number of nitrogens with zero attached hydrogens (tertiary/aromatic N) is 3. The minimum absolute atomic E-state index is 0.906. The smallest absolute Gasteiger partial charge is 0.191 e. The van der Waals surface area contributed by atoms with Crippen LogP contribution in [0.1, 0.15) is 11.8 Å². The van der Waals surface area contributed by atoms with Gasteiger partial charge in [0.05, 0.1) is 0 Å². The second kappa shape index (κ2) is 9.82. The monoisotopic (exact) mass is 323 g/mol. The van der Waals surface area contributed by atoms with Gasteiger partial charge in [0.25, 0.3) is 0 Å². The van der Waals surface area contributed by atoms with Crippen molar-refractivity contribution in [3.05, 3.63) is 22.4 Å². The van der Waals surface area contributed by atoms with Gasteiger partial charge in [0.2, 0.25) is 0 Å². The Hall–Kier alpha value is -1.11. The summed E-state index contributed by atoms with van der Waals surface area (Å²) >= 11 is 1.81. The van der Waals surface area contributed by atoms with Gasteiger partial charge in [-0.15, -0.1) is 11.3 Å². The molecule has 6 heteroatoms. The van der Waals surface area contributed by atoms with Gasteiger partial charge in [-0.1, -0.05) is 13.0 Å². The van der Waals surface area contributed by atoms with Gasteiger partial charge in [-0.3, -0.25) is 9.89 Å². The van der Waals surface area contributed by atoms with E-state index in [0.29, 0.717) is 0 Å². The highest BCUT2D eigenvalue weighted by molar-refractivity contribution is 7.09. The van der Waals surface area contributed by atoms with Crippen molar-refractivity contribution in [1.29, 1.82) is 0 Å². The first-order valence-electron chi connectivity index (χ1n) is 8.23. The van der Waals surface area contributed by atoms with E-state index >= 15 is 0 Å². The molecule has 2 rings (SSSR count). The number of likely N-dealkylation sites (N-methyl/N-ethyl adjacent to an activating group) is 1. The molecular weight excluding hydrogens is 294 g/mol. The summed E-state index contributed by atoms with van der Waals surface area (Å²) in [6.07, 6.45) is 1.05. The Morgan fingerprint density at radius 2 is 1.91 bits per heavy atom. The maximum absolute atomic E-state index is 4.29. The van der Waals surface area contributed by atoms with E-state index in [9.17, 15) is 0 Å². The van der Waals surface area contributed by atoms with Crippen LogP contribution in [0.2, 0.25) is 0 Å². The van der Waals surface area contributed by atoms with Crippen molar-refractivity contribution >= 4 is 17.3 Å². The standard InChI is InChI=1S/C16H29N5S/c1-3-20-10-12-21(13-11-20)9-8-19-16(17-2)18-7-6-15-5-4-14-22-15/h4-5,14H,3,6-13H2,1-2H3,(H2,17,18,19). The third kappa shape index (κ3) is 5.94. The molecule has 1 aromatic rings. The number of nitrogens with one attached hydrogen (secondary N) is 2. The number of rotatable bonds is 7. The molecule has 2 heterocycles. The number of hydrogen-bond donors (Lipinski definition) is 2. The maximum Gasteiger partial charge on any atom is 0.191 e. The van der Waals surface area contributed by atoms with E-state index in [-0.39, 0.29) is 0 Å². The molecule has 0 atom stereocenters. The molecule has 1 aliphatic heterocycles. The molecule has 1 saturated heterocycles. The fourth-order valence-electron chi connectivity index (χ4n) is 2.64. The summed E-state index contributed by atoms with van der Waals surface area (Å²) in [5.41, 5.74) is 0. The number of aliphatic imine (C=N–C) groups is 1. The molecule has 0 radical (unpaired) electrons. The Kier molecular flexibility index (Phi) is 7.70. The SMILES string of the molecule is CCN1CCN(CCNC(=NC)NCCc2cccs2)CC1. The average molecular weight is 324 g/mol. The molecule has 0 aliphatic carbocycles. The van der Waals surface area contributed by atoms with Crippen LogP contribution in [0, 0.1) is 0 Å². The molecule has 1 aromatic heterocycles. The summed E-state index contributed by atoms with van der Waals surface area (Å²) in [5.74, 6) is 0.906. The summed E-state index contributed by atoms with van der Waals surface area (Å²) in [4.78, 5) is 10.7. The molecule has 2 N–H and O–H groups in total. The summed E-state index contributed by atoms with van der Waals surface area (Å²) < 4.78 is 0. The molecule has 5 nitrogen and oxygen atoms in total. The van der Waals surface area contributed by atoms with Crippen LogP contribution in [0.3, 0.4) is 0 Å². The largest absolute Gasteiger partial charge is 0.356 e. The Balaban J connectivity index is 1.56. The first-order chi connectivity index (χ1) is 10.8. The fourth-order valence-corrected chi connectivity index (χ4v) is 3.35. The minimum Gasteiger partial charge on any atom is -0.356 e. The topological polar surface area (TPSA) is 42.9 Å². The lowest BCUT2D eigenvalue weighted by molar-refractivity contribution is 0.139. The Morgan fingerprint density at radius 3 is 2.55 bits per heavy atom. The van der Waals surface area contributed by atoms with Crippen molar-refractivity contribution in [1.82, 2.24) is 20.4 Å². The van der Waals surface area contributed by atoms with Crippen LogP contribution < -0.4 is 10.6 Å². The number of guanidine groups is 1. The van der Waals surface area contributed by atoms with E-state index in [2.05, 4.69) is 49.9 Å². The van der Waals surface area contributed by atoms with E-state index in [1.54, 1.807) is 0 Å². The average Bonchev–Trinajstić information content (AvgIpc) is 3.07. The van der Waals surface area contributed by atoms with Gasteiger partial charge in [-0.25, -0.2) is 0 Å². The highest BCUT2D eigenvalue weighted by Crippen LogP contribution is 2.07. The Labute approximate surface area is 138 Å². The summed E-state index contributed by atoms with van der Waals surface area (Å²) in [7, 11) is 1.83. The normalized spacial score (nSPS) is 17.6. The lowest BCUT2D eigenvalue weighted by Gasteiger charge is -2.34. The van der Waals surface area contributed by atoms with Crippen LogP contribution in [0.25, 0.3) is 0 Å². The number of thiophene rings is 1. The molecule has 0 saturated carbocycles. The second-order valence-corrected chi connectivity index (χ2v) is 6.56. The molecule has 0 spiro atoms. The zero-order valence-corrected chi connectivity index (χ0v) is 14.7. The highest BCUT2D eigenvalue weighted by atomic mass is 32.1. The van der Waals surface area contributed by atoms with Gasteiger partial charge in [0, 0.05) is 57.7 Å². The molecular formula is C16H29N5S. The van der Waals surface area contributed by atoms with Crippen molar-refractivity contribution in [2.45, 2.75) is 13.3 Å². The zero-order valence-electron chi connectivity index (χ0n) is 13.8. The summed E-state index contributed by atoms with van der Waals surface area (Å²) in [6, 6.07) is 4.28. The van der Waals surface area contributed by atoms with Crippen molar-refractivity contribution < 1.29 is 0 Å². The van der Waals surface area contributed by atoms with E-state index in [1.165, 1.54) is 37.6 Å². The fraction of sp³-hybridized carbons (Fsp3) is 0.688. The van der Waals surface area contributed by atoms with Gasteiger partial charge in [0.15, 0.2) is 5.96 Å². The van der Waals surface area contributed by atoms with Crippen molar-refractivity contribution in [3.8, 4) is 0 Å². The summed E-state index contributed by atoms with van der Waals surface area (Å²) in [5, 5.41) is 8.92. The van der Waals surface area contributed by atoms with Gasteiger partial charge >= 0.3 is 0 Å². The number of piperazine rings is 1. The van der Waals surface area contributed by atoms with Gasteiger partial charge in [0.1, 0.15) is 0 Å².